The SMILES string of the molecule is CC1(C(O)C2CCCOC2)CC1. The second kappa shape index (κ2) is 3.00. The highest BCUT2D eigenvalue weighted by atomic mass is 16.5. The minimum absolute atomic E-state index is 0.113. The van der Waals surface area contributed by atoms with E-state index in [0.717, 1.165) is 26.1 Å². The highest BCUT2D eigenvalue weighted by molar-refractivity contribution is 4.97. The summed E-state index contributed by atoms with van der Waals surface area (Å²) in [5.41, 5.74) is 0.241. The van der Waals surface area contributed by atoms with Gasteiger partial charge in [0.25, 0.3) is 0 Å². The summed E-state index contributed by atoms with van der Waals surface area (Å²) in [7, 11) is 0. The lowest BCUT2D eigenvalue weighted by atomic mass is 9.86. The van der Waals surface area contributed by atoms with E-state index >= 15 is 0 Å². The molecule has 0 aromatic heterocycles. The minimum Gasteiger partial charge on any atom is -0.392 e. The Morgan fingerprint density at radius 3 is 2.75 bits per heavy atom. The van der Waals surface area contributed by atoms with E-state index in [4.69, 9.17) is 4.74 Å². The fourth-order valence-electron chi connectivity index (χ4n) is 2.08. The highest BCUT2D eigenvalue weighted by Gasteiger charge is 2.47. The largest absolute Gasteiger partial charge is 0.392 e. The third kappa shape index (κ3) is 1.50. The molecule has 0 spiro atoms. The zero-order chi connectivity index (χ0) is 8.60. The lowest BCUT2D eigenvalue weighted by Crippen LogP contribution is -2.34. The van der Waals surface area contributed by atoms with Gasteiger partial charge < -0.3 is 9.84 Å². The number of ether oxygens (including phenoxy) is 1. The van der Waals surface area contributed by atoms with Crippen molar-refractivity contribution in [2.45, 2.75) is 38.7 Å². The number of aliphatic hydroxyl groups is 1. The average Bonchev–Trinajstić information content (AvgIpc) is 2.85. The summed E-state index contributed by atoms with van der Waals surface area (Å²) in [6.07, 6.45) is 4.56. The van der Waals surface area contributed by atoms with E-state index in [2.05, 4.69) is 6.92 Å². The van der Waals surface area contributed by atoms with Crippen LogP contribution in [0.25, 0.3) is 0 Å². The summed E-state index contributed by atoms with van der Waals surface area (Å²) < 4.78 is 5.37. The molecule has 2 fully saturated rings. The molecule has 2 heteroatoms. The fraction of sp³-hybridized carbons (Fsp3) is 1.00. The summed E-state index contributed by atoms with van der Waals surface area (Å²) in [4.78, 5) is 0. The van der Waals surface area contributed by atoms with Crippen LogP contribution in [0.15, 0.2) is 0 Å². The predicted octanol–water partition coefficient (Wildman–Crippen LogP) is 1.57. The molecule has 2 rings (SSSR count). The van der Waals surface area contributed by atoms with Crippen molar-refractivity contribution in [3.8, 4) is 0 Å². The second-order valence-corrected chi connectivity index (χ2v) is 4.58. The summed E-state index contributed by atoms with van der Waals surface area (Å²) >= 11 is 0. The number of rotatable bonds is 2. The summed E-state index contributed by atoms with van der Waals surface area (Å²) in [6.45, 7) is 3.85. The van der Waals surface area contributed by atoms with Crippen LogP contribution in [0.2, 0.25) is 0 Å². The van der Waals surface area contributed by atoms with Crippen molar-refractivity contribution < 1.29 is 9.84 Å². The summed E-state index contributed by atoms with van der Waals surface area (Å²) in [6, 6.07) is 0. The molecule has 2 aliphatic rings. The molecule has 0 aromatic rings. The third-order valence-electron chi connectivity index (χ3n) is 3.39. The predicted molar refractivity (Wildman–Crippen MR) is 46.9 cm³/mol. The van der Waals surface area contributed by atoms with Crippen LogP contribution >= 0.6 is 0 Å². The Balaban J connectivity index is 1.89. The topological polar surface area (TPSA) is 29.5 Å². The van der Waals surface area contributed by atoms with Gasteiger partial charge in [-0.2, -0.15) is 0 Å². The van der Waals surface area contributed by atoms with Crippen LogP contribution in [-0.4, -0.2) is 24.4 Å². The van der Waals surface area contributed by atoms with E-state index in [1.807, 2.05) is 0 Å². The molecular weight excluding hydrogens is 152 g/mol. The van der Waals surface area contributed by atoms with Gasteiger partial charge in [-0.05, 0) is 31.1 Å². The van der Waals surface area contributed by atoms with E-state index in [-0.39, 0.29) is 11.5 Å². The molecule has 1 heterocycles. The van der Waals surface area contributed by atoms with Crippen molar-refractivity contribution in [2.75, 3.05) is 13.2 Å². The standard InChI is InChI=1S/C10H18O2/c1-10(4-5-10)9(11)8-3-2-6-12-7-8/h8-9,11H,2-7H2,1H3. The van der Waals surface area contributed by atoms with Crippen LogP contribution in [-0.2, 0) is 4.74 Å². The lowest BCUT2D eigenvalue weighted by molar-refractivity contribution is -0.0361. The normalized spacial score (nSPS) is 36.0. The zero-order valence-corrected chi connectivity index (χ0v) is 7.75. The number of aliphatic hydroxyl groups excluding tert-OH is 1. The summed E-state index contributed by atoms with van der Waals surface area (Å²) in [5.74, 6) is 0.409. The van der Waals surface area contributed by atoms with Crippen molar-refractivity contribution in [3.05, 3.63) is 0 Å². The molecule has 2 atom stereocenters. The maximum atomic E-state index is 9.99. The quantitative estimate of drug-likeness (QED) is 0.681. The van der Waals surface area contributed by atoms with E-state index in [9.17, 15) is 5.11 Å². The van der Waals surface area contributed by atoms with E-state index in [1.54, 1.807) is 0 Å². The third-order valence-corrected chi connectivity index (χ3v) is 3.39. The Morgan fingerprint density at radius 1 is 1.50 bits per heavy atom. The van der Waals surface area contributed by atoms with Gasteiger partial charge in [0.2, 0.25) is 0 Å². The Labute approximate surface area is 73.9 Å². The lowest BCUT2D eigenvalue weighted by Gasteiger charge is -2.30. The molecule has 1 aliphatic carbocycles. The molecule has 0 bridgehead atoms. The van der Waals surface area contributed by atoms with Crippen molar-refractivity contribution >= 4 is 0 Å². The van der Waals surface area contributed by atoms with Crippen molar-refractivity contribution in [3.63, 3.8) is 0 Å². The molecule has 1 aliphatic heterocycles. The molecule has 0 radical (unpaired) electrons. The molecule has 1 saturated heterocycles. The van der Waals surface area contributed by atoms with Gasteiger partial charge >= 0.3 is 0 Å². The number of hydrogen-bond acceptors (Lipinski definition) is 2. The van der Waals surface area contributed by atoms with Gasteiger partial charge in [0.15, 0.2) is 0 Å². The average molecular weight is 170 g/mol. The maximum absolute atomic E-state index is 9.99. The minimum atomic E-state index is -0.113. The maximum Gasteiger partial charge on any atom is 0.0643 e. The first-order valence-electron chi connectivity index (χ1n) is 4.98. The van der Waals surface area contributed by atoms with Gasteiger partial charge in [-0.15, -0.1) is 0 Å². The van der Waals surface area contributed by atoms with Gasteiger partial charge in [-0.25, -0.2) is 0 Å². The molecular formula is C10H18O2. The molecule has 1 saturated carbocycles. The molecule has 2 unspecified atom stereocenters. The monoisotopic (exact) mass is 170 g/mol. The molecule has 12 heavy (non-hydrogen) atoms. The van der Waals surface area contributed by atoms with Crippen molar-refractivity contribution in [1.82, 2.24) is 0 Å². The Morgan fingerprint density at radius 2 is 2.25 bits per heavy atom. The van der Waals surface area contributed by atoms with Gasteiger partial charge in [-0.3, -0.25) is 0 Å². The zero-order valence-electron chi connectivity index (χ0n) is 7.75. The molecule has 2 nitrogen and oxygen atoms in total. The number of hydrogen-bond donors (Lipinski definition) is 1. The van der Waals surface area contributed by atoms with Crippen molar-refractivity contribution in [2.24, 2.45) is 11.3 Å². The Kier molecular flexibility index (Phi) is 2.13. The first kappa shape index (κ1) is 8.52. The van der Waals surface area contributed by atoms with Gasteiger partial charge in [0, 0.05) is 12.5 Å². The van der Waals surface area contributed by atoms with Crippen molar-refractivity contribution in [1.29, 1.82) is 0 Å². The highest BCUT2D eigenvalue weighted by Crippen LogP contribution is 2.50. The van der Waals surface area contributed by atoms with E-state index in [1.165, 1.54) is 12.8 Å². The molecule has 0 aromatic carbocycles. The second-order valence-electron chi connectivity index (χ2n) is 4.58. The smallest absolute Gasteiger partial charge is 0.0643 e. The van der Waals surface area contributed by atoms with Crippen LogP contribution in [0.4, 0.5) is 0 Å². The van der Waals surface area contributed by atoms with Crippen LogP contribution in [0.5, 0.6) is 0 Å². The van der Waals surface area contributed by atoms with Crippen LogP contribution in [0, 0.1) is 11.3 Å². The Bertz CT molecular complexity index is 157. The van der Waals surface area contributed by atoms with E-state index < -0.39 is 0 Å². The summed E-state index contributed by atoms with van der Waals surface area (Å²) in [5, 5.41) is 9.99. The van der Waals surface area contributed by atoms with Crippen LogP contribution in [0.1, 0.15) is 32.6 Å². The fourth-order valence-corrected chi connectivity index (χ4v) is 2.08. The van der Waals surface area contributed by atoms with Gasteiger partial charge in [-0.1, -0.05) is 6.92 Å². The molecule has 1 N–H and O–H groups in total. The molecule has 70 valence electrons. The first-order valence-corrected chi connectivity index (χ1v) is 4.98. The van der Waals surface area contributed by atoms with Gasteiger partial charge in [0.05, 0.1) is 12.7 Å². The van der Waals surface area contributed by atoms with Crippen LogP contribution < -0.4 is 0 Å². The Hall–Kier alpha value is -0.0800. The van der Waals surface area contributed by atoms with Gasteiger partial charge in [0.1, 0.15) is 0 Å². The van der Waals surface area contributed by atoms with E-state index in [0.29, 0.717) is 5.92 Å². The molecule has 0 amide bonds. The first-order chi connectivity index (χ1) is 5.72. The van der Waals surface area contributed by atoms with Crippen LogP contribution in [0.3, 0.4) is 0 Å².